The molecular formula is C8H6ClFN2. The van der Waals surface area contributed by atoms with Crippen LogP contribution in [0.2, 0.25) is 5.02 Å². The highest BCUT2D eigenvalue weighted by Gasteiger charge is 2.07. The molecule has 62 valence electrons. The van der Waals surface area contributed by atoms with E-state index in [9.17, 15) is 4.39 Å². The number of rotatable bonds is 0. The van der Waals surface area contributed by atoms with Gasteiger partial charge >= 0.3 is 0 Å². The van der Waals surface area contributed by atoms with Crippen molar-refractivity contribution in [1.82, 2.24) is 10.2 Å². The van der Waals surface area contributed by atoms with Gasteiger partial charge in [0.1, 0.15) is 5.52 Å². The van der Waals surface area contributed by atoms with Gasteiger partial charge in [-0.05, 0) is 19.1 Å². The molecule has 0 fully saturated rings. The normalized spacial score (nSPS) is 10.9. The van der Waals surface area contributed by atoms with E-state index in [0.717, 1.165) is 11.1 Å². The van der Waals surface area contributed by atoms with E-state index >= 15 is 0 Å². The molecule has 0 aliphatic heterocycles. The highest BCUT2D eigenvalue weighted by molar-refractivity contribution is 6.31. The van der Waals surface area contributed by atoms with Crippen LogP contribution >= 0.6 is 11.6 Å². The monoisotopic (exact) mass is 184 g/mol. The van der Waals surface area contributed by atoms with E-state index in [4.69, 9.17) is 11.6 Å². The Hall–Kier alpha value is -1.09. The van der Waals surface area contributed by atoms with Gasteiger partial charge in [-0.1, -0.05) is 11.6 Å². The first-order valence-corrected chi connectivity index (χ1v) is 3.86. The largest absolute Gasteiger partial charge is 0.282 e. The predicted molar refractivity (Wildman–Crippen MR) is 45.8 cm³/mol. The zero-order valence-corrected chi connectivity index (χ0v) is 7.11. The third-order valence-corrected chi connectivity index (χ3v) is 1.99. The number of H-pyrrole nitrogens is 1. The maximum atomic E-state index is 13.1. The minimum absolute atomic E-state index is 0.344. The van der Waals surface area contributed by atoms with Crippen LogP contribution in [0.4, 0.5) is 4.39 Å². The number of nitrogens with one attached hydrogen (secondary N) is 1. The molecule has 2 rings (SSSR count). The molecule has 0 bridgehead atoms. The van der Waals surface area contributed by atoms with Gasteiger partial charge < -0.3 is 0 Å². The van der Waals surface area contributed by atoms with Crippen molar-refractivity contribution in [3.05, 3.63) is 28.7 Å². The van der Waals surface area contributed by atoms with E-state index in [1.807, 2.05) is 6.92 Å². The molecule has 12 heavy (non-hydrogen) atoms. The van der Waals surface area contributed by atoms with Gasteiger partial charge in [0, 0.05) is 16.1 Å². The van der Waals surface area contributed by atoms with Gasteiger partial charge in [-0.25, -0.2) is 4.39 Å². The van der Waals surface area contributed by atoms with Gasteiger partial charge in [0.05, 0.1) is 0 Å². The van der Waals surface area contributed by atoms with Gasteiger partial charge in [-0.3, -0.25) is 5.10 Å². The molecule has 0 radical (unpaired) electrons. The number of aromatic amines is 1. The van der Waals surface area contributed by atoms with Gasteiger partial charge in [0.2, 0.25) is 0 Å². The number of hydrogen-bond acceptors (Lipinski definition) is 1. The number of benzene rings is 1. The van der Waals surface area contributed by atoms with Crippen LogP contribution in [0.15, 0.2) is 12.1 Å². The molecule has 1 heterocycles. The van der Waals surface area contributed by atoms with Crippen LogP contribution in [0.25, 0.3) is 10.9 Å². The lowest BCUT2D eigenvalue weighted by Crippen LogP contribution is -1.77. The SMILES string of the molecule is Cc1[nH]nc2c(F)cc(Cl)cc12. The third-order valence-electron chi connectivity index (χ3n) is 1.77. The van der Waals surface area contributed by atoms with Crippen molar-refractivity contribution in [2.75, 3.05) is 0 Å². The topological polar surface area (TPSA) is 28.7 Å². The first-order chi connectivity index (χ1) is 5.68. The summed E-state index contributed by atoms with van der Waals surface area (Å²) in [6.07, 6.45) is 0. The first-order valence-electron chi connectivity index (χ1n) is 3.48. The second-order valence-electron chi connectivity index (χ2n) is 2.63. The van der Waals surface area contributed by atoms with Crippen molar-refractivity contribution >= 4 is 22.5 Å². The van der Waals surface area contributed by atoms with E-state index < -0.39 is 0 Å². The first kappa shape index (κ1) is 7.55. The zero-order valence-electron chi connectivity index (χ0n) is 6.36. The summed E-state index contributed by atoms with van der Waals surface area (Å²) in [5.74, 6) is -0.387. The standard InChI is InChI=1S/C8H6ClFN2/c1-4-6-2-5(9)3-7(10)8(6)12-11-4/h2-3H,1H3,(H,11,12). The second-order valence-corrected chi connectivity index (χ2v) is 3.07. The van der Waals surface area contributed by atoms with Crippen LogP contribution in [-0.4, -0.2) is 10.2 Å². The molecule has 0 unspecified atom stereocenters. The Morgan fingerprint density at radius 3 is 3.00 bits per heavy atom. The van der Waals surface area contributed by atoms with Crippen molar-refractivity contribution in [3.8, 4) is 0 Å². The summed E-state index contributed by atoms with van der Waals surface area (Å²) >= 11 is 5.67. The van der Waals surface area contributed by atoms with E-state index in [1.54, 1.807) is 6.07 Å². The maximum Gasteiger partial charge on any atom is 0.152 e. The van der Waals surface area contributed by atoms with E-state index in [-0.39, 0.29) is 5.82 Å². The summed E-state index contributed by atoms with van der Waals surface area (Å²) in [6.45, 7) is 1.82. The lowest BCUT2D eigenvalue weighted by molar-refractivity contribution is 0.636. The Labute approximate surface area is 73.3 Å². The molecule has 0 aliphatic rings. The van der Waals surface area contributed by atoms with E-state index in [1.165, 1.54) is 6.07 Å². The molecule has 1 aromatic carbocycles. The Morgan fingerprint density at radius 2 is 2.25 bits per heavy atom. The molecule has 2 nitrogen and oxygen atoms in total. The lowest BCUT2D eigenvalue weighted by Gasteiger charge is -1.92. The number of fused-ring (bicyclic) bond motifs is 1. The number of hydrogen-bond donors (Lipinski definition) is 1. The summed E-state index contributed by atoms with van der Waals surface area (Å²) in [5, 5.41) is 7.63. The molecule has 0 aliphatic carbocycles. The summed E-state index contributed by atoms with van der Waals surface area (Å²) < 4.78 is 13.1. The average Bonchev–Trinajstić information content (AvgIpc) is 2.33. The van der Waals surface area contributed by atoms with Crippen LogP contribution in [0.3, 0.4) is 0 Å². The lowest BCUT2D eigenvalue weighted by atomic mass is 10.2. The number of nitrogens with zero attached hydrogens (tertiary/aromatic N) is 1. The predicted octanol–water partition coefficient (Wildman–Crippen LogP) is 2.66. The highest BCUT2D eigenvalue weighted by Crippen LogP contribution is 2.22. The number of aromatic nitrogens is 2. The summed E-state index contributed by atoms with van der Waals surface area (Å²) in [4.78, 5) is 0. The smallest absolute Gasteiger partial charge is 0.152 e. The minimum Gasteiger partial charge on any atom is -0.282 e. The van der Waals surface area contributed by atoms with Crippen molar-refractivity contribution in [1.29, 1.82) is 0 Å². The number of aryl methyl sites for hydroxylation is 1. The Bertz CT molecular complexity index is 436. The maximum absolute atomic E-state index is 13.1. The van der Waals surface area contributed by atoms with Crippen LogP contribution in [0.1, 0.15) is 5.69 Å². The molecule has 0 amide bonds. The van der Waals surface area contributed by atoms with Crippen LogP contribution in [-0.2, 0) is 0 Å². The van der Waals surface area contributed by atoms with Crippen molar-refractivity contribution < 1.29 is 4.39 Å². The molecule has 2 aromatic rings. The fourth-order valence-electron chi connectivity index (χ4n) is 1.17. The molecule has 0 atom stereocenters. The fourth-order valence-corrected chi connectivity index (χ4v) is 1.37. The average molecular weight is 185 g/mol. The highest BCUT2D eigenvalue weighted by atomic mass is 35.5. The summed E-state index contributed by atoms with van der Waals surface area (Å²) in [5.41, 5.74) is 1.17. The summed E-state index contributed by atoms with van der Waals surface area (Å²) in [7, 11) is 0. The van der Waals surface area contributed by atoms with E-state index in [2.05, 4.69) is 10.2 Å². The van der Waals surface area contributed by atoms with Crippen LogP contribution in [0, 0.1) is 12.7 Å². The Balaban J connectivity index is 2.92. The molecule has 1 aromatic heterocycles. The minimum atomic E-state index is -0.387. The fraction of sp³-hybridized carbons (Fsp3) is 0.125. The van der Waals surface area contributed by atoms with Gasteiger partial charge in [0.25, 0.3) is 0 Å². The quantitative estimate of drug-likeness (QED) is 0.670. The van der Waals surface area contributed by atoms with Gasteiger partial charge in [-0.15, -0.1) is 0 Å². The Morgan fingerprint density at radius 1 is 1.50 bits per heavy atom. The van der Waals surface area contributed by atoms with Crippen molar-refractivity contribution in [3.63, 3.8) is 0 Å². The summed E-state index contributed by atoms with van der Waals surface area (Å²) in [6, 6.07) is 2.95. The zero-order chi connectivity index (χ0) is 8.72. The third kappa shape index (κ3) is 0.975. The number of halogens is 2. The second kappa shape index (κ2) is 2.45. The van der Waals surface area contributed by atoms with Gasteiger partial charge in [0.15, 0.2) is 5.82 Å². The molecule has 0 spiro atoms. The molecule has 0 saturated heterocycles. The van der Waals surface area contributed by atoms with E-state index in [0.29, 0.717) is 10.5 Å². The van der Waals surface area contributed by atoms with Crippen LogP contribution in [0.5, 0.6) is 0 Å². The molecular weight excluding hydrogens is 179 g/mol. The van der Waals surface area contributed by atoms with Crippen molar-refractivity contribution in [2.24, 2.45) is 0 Å². The molecule has 1 N–H and O–H groups in total. The van der Waals surface area contributed by atoms with Crippen LogP contribution < -0.4 is 0 Å². The molecule has 4 heteroatoms. The van der Waals surface area contributed by atoms with Gasteiger partial charge in [-0.2, -0.15) is 5.10 Å². The van der Waals surface area contributed by atoms with Crippen molar-refractivity contribution in [2.45, 2.75) is 6.92 Å². The Kier molecular flexibility index (Phi) is 1.54. The molecule has 0 saturated carbocycles.